The molecule has 0 bridgehead atoms. The van der Waals surface area contributed by atoms with Crippen molar-refractivity contribution in [2.24, 2.45) is 0 Å². The van der Waals surface area contributed by atoms with Crippen LogP contribution in [0.1, 0.15) is 34.6 Å². The lowest BCUT2D eigenvalue weighted by atomic mass is 10.1. The number of aliphatic hydroxyl groups excluding tert-OH is 1. The molecule has 8 nitrogen and oxygen atoms in total. The van der Waals surface area contributed by atoms with E-state index >= 15 is 0 Å². The number of ether oxygens (including phenoxy) is 1. The van der Waals surface area contributed by atoms with Crippen molar-refractivity contribution in [1.82, 2.24) is 15.3 Å². The normalized spacial score (nSPS) is 12.6. The minimum Gasteiger partial charge on any atom is -0.431 e. The average molecular weight is 578 g/mol. The van der Waals surface area contributed by atoms with Gasteiger partial charge in [-0.2, -0.15) is 13.2 Å². The van der Waals surface area contributed by atoms with E-state index in [4.69, 9.17) is 4.74 Å². The van der Waals surface area contributed by atoms with Gasteiger partial charge in [-0.25, -0.2) is 13.4 Å². The Morgan fingerprint density at radius 3 is 2.33 bits per heavy atom. The van der Waals surface area contributed by atoms with E-state index < -0.39 is 40.1 Å². The van der Waals surface area contributed by atoms with E-state index in [9.17, 15) is 31.5 Å². The van der Waals surface area contributed by atoms with Gasteiger partial charge in [-0.3, -0.25) is 9.78 Å². The molecular formula is C26H22F3N3O5S2. The molecule has 4 rings (SSSR count). The maximum absolute atomic E-state index is 12.8. The van der Waals surface area contributed by atoms with Gasteiger partial charge in [0.15, 0.2) is 9.84 Å². The van der Waals surface area contributed by atoms with Crippen LogP contribution in [0.4, 0.5) is 13.2 Å². The number of benzene rings is 2. The number of sulfone groups is 1. The van der Waals surface area contributed by atoms with Crippen LogP contribution in [0.5, 0.6) is 10.9 Å². The van der Waals surface area contributed by atoms with Crippen LogP contribution < -0.4 is 10.1 Å². The lowest BCUT2D eigenvalue weighted by Gasteiger charge is -2.16. The number of nitrogens with one attached hydrogen (secondary N) is 1. The van der Waals surface area contributed by atoms with Crippen molar-refractivity contribution in [2.75, 3.05) is 12.4 Å². The Morgan fingerprint density at radius 2 is 1.77 bits per heavy atom. The van der Waals surface area contributed by atoms with Crippen LogP contribution in [0.3, 0.4) is 0 Å². The molecular weight excluding hydrogens is 555 g/mol. The van der Waals surface area contributed by atoms with E-state index in [1.165, 1.54) is 48.7 Å². The third-order valence-electron chi connectivity index (χ3n) is 5.66. The Balaban J connectivity index is 1.40. The first-order chi connectivity index (χ1) is 18.5. The summed E-state index contributed by atoms with van der Waals surface area (Å²) in [4.78, 5) is 21.2. The van der Waals surface area contributed by atoms with Crippen molar-refractivity contribution < 1.29 is 36.2 Å². The number of alkyl halides is 3. The SMILES string of the molecule is CCS(=O)(=O)c1ccc([C@H](CO)NC(=O)c2ccc(-c3csc(Oc4ccc(C(F)(F)F)cc4)n3)cc2)nc1. The minimum absolute atomic E-state index is 0.0577. The molecule has 204 valence electrons. The van der Waals surface area contributed by atoms with Crippen molar-refractivity contribution >= 4 is 27.1 Å². The summed E-state index contributed by atoms with van der Waals surface area (Å²) in [5.74, 6) is -0.332. The topological polar surface area (TPSA) is 118 Å². The van der Waals surface area contributed by atoms with E-state index in [2.05, 4.69) is 15.3 Å². The van der Waals surface area contributed by atoms with Crippen LogP contribution >= 0.6 is 11.3 Å². The first kappa shape index (κ1) is 28.2. The third-order valence-corrected chi connectivity index (χ3v) is 8.09. The summed E-state index contributed by atoms with van der Waals surface area (Å²) < 4.78 is 67.7. The van der Waals surface area contributed by atoms with Crippen LogP contribution in [0.15, 0.2) is 77.1 Å². The molecule has 0 radical (unpaired) electrons. The van der Waals surface area contributed by atoms with Crippen LogP contribution in [0, 0.1) is 0 Å². The number of pyridine rings is 1. The molecule has 2 N–H and O–H groups in total. The fourth-order valence-electron chi connectivity index (χ4n) is 3.45. The molecule has 39 heavy (non-hydrogen) atoms. The first-order valence-electron chi connectivity index (χ1n) is 11.5. The number of hydrogen-bond acceptors (Lipinski definition) is 8. The number of aromatic nitrogens is 2. The molecule has 2 aromatic carbocycles. The van der Waals surface area contributed by atoms with E-state index in [1.54, 1.807) is 29.6 Å². The summed E-state index contributed by atoms with van der Waals surface area (Å²) in [6.07, 6.45) is -3.24. The highest BCUT2D eigenvalue weighted by molar-refractivity contribution is 7.91. The van der Waals surface area contributed by atoms with Gasteiger partial charge in [0.25, 0.3) is 11.1 Å². The quantitative estimate of drug-likeness (QED) is 0.278. The minimum atomic E-state index is -4.43. The second-order valence-electron chi connectivity index (χ2n) is 8.23. The molecule has 13 heteroatoms. The molecule has 2 heterocycles. The Bertz CT molecular complexity index is 1540. The van der Waals surface area contributed by atoms with Gasteiger partial charge in [-0.05, 0) is 48.5 Å². The van der Waals surface area contributed by atoms with Gasteiger partial charge in [0.2, 0.25) is 0 Å². The Hall–Kier alpha value is -3.81. The highest BCUT2D eigenvalue weighted by Gasteiger charge is 2.30. The standard InChI is InChI=1S/C26H22F3N3O5S2/c1-2-39(35,36)20-11-12-21(30-13-20)22(14-33)31-24(34)17-5-3-16(4-6-17)23-15-38-25(32-23)37-19-9-7-18(8-10-19)26(27,28)29/h3-13,15,22,33H,2,14H2,1H3,(H,31,34)/t22-/m0/s1. The van der Waals surface area contributed by atoms with Crippen LogP contribution in [0.25, 0.3) is 11.3 Å². The molecule has 0 aliphatic rings. The van der Waals surface area contributed by atoms with Crippen LogP contribution in [-0.2, 0) is 16.0 Å². The summed E-state index contributed by atoms with van der Waals surface area (Å²) in [5.41, 5.74) is 1.06. The van der Waals surface area contributed by atoms with Crippen LogP contribution in [-0.4, -0.2) is 41.8 Å². The van der Waals surface area contributed by atoms with Gasteiger partial charge in [-0.1, -0.05) is 30.4 Å². The Kier molecular flexibility index (Phi) is 8.33. The number of thiazole rings is 1. The van der Waals surface area contributed by atoms with Crippen molar-refractivity contribution in [1.29, 1.82) is 0 Å². The number of hydrogen-bond donors (Lipinski definition) is 2. The molecule has 1 amide bonds. The van der Waals surface area contributed by atoms with Gasteiger partial charge in [0.1, 0.15) is 5.75 Å². The summed E-state index contributed by atoms with van der Waals surface area (Å²) in [6, 6.07) is 12.7. The zero-order chi connectivity index (χ0) is 28.2. The predicted octanol–water partition coefficient (Wildman–Crippen LogP) is 5.27. The highest BCUT2D eigenvalue weighted by atomic mass is 32.2. The largest absolute Gasteiger partial charge is 0.431 e. The van der Waals surface area contributed by atoms with Gasteiger partial charge < -0.3 is 15.2 Å². The van der Waals surface area contributed by atoms with Crippen molar-refractivity contribution in [3.8, 4) is 22.2 Å². The molecule has 0 spiro atoms. The van der Waals surface area contributed by atoms with E-state index in [1.807, 2.05) is 0 Å². The van der Waals surface area contributed by atoms with E-state index in [-0.39, 0.29) is 21.6 Å². The summed E-state index contributed by atoms with van der Waals surface area (Å²) in [6.45, 7) is 1.08. The lowest BCUT2D eigenvalue weighted by molar-refractivity contribution is -0.137. The average Bonchev–Trinajstić information content (AvgIpc) is 3.40. The number of halogens is 3. The molecule has 0 unspecified atom stereocenters. The molecule has 0 saturated heterocycles. The summed E-state index contributed by atoms with van der Waals surface area (Å²) in [5, 5.41) is 14.4. The summed E-state index contributed by atoms with van der Waals surface area (Å²) in [7, 11) is -3.42. The zero-order valence-corrected chi connectivity index (χ0v) is 22.0. The molecule has 0 fully saturated rings. The monoisotopic (exact) mass is 577 g/mol. The van der Waals surface area contributed by atoms with Crippen molar-refractivity contribution in [3.05, 3.63) is 89.1 Å². The number of rotatable bonds is 9. The lowest BCUT2D eigenvalue weighted by Crippen LogP contribution is -2.31. The molecule has 0 saturated carbocycles. The molecule has 2 aromatic heterocycles. The number of amides is 1. The summed E-state index contributed by atoms with van der Waals surface area (Å²) >= 11 is 1.17. The fraction of sp³-hybridized carbons (Fsp3) is 0.192. The van der Waals surface area contributed by atoms with Gasteiger partial charge in [-0.15, -0.1) is 0 Å². The Morgan fingerprint density at radius 1 is 1.08 bits per heavy atom. The number of nitrogens with zero attached hydrogens (tertiary/aromatic N) is 2. The first-order valence-corrected chi connectivity index (χ1v) is 14.0. The number of carbonyl (C=O) groups excluding carboxylic acids is 1. The molecule has 4 aromatic rings. The van der Waals surface area contributed by atoms with Gasteiger partial charge in [0.05, 0.1) is 40.2 Å². The molecule has 1 atom stereocenters. The maximum Gasteiger partial charge on any atom is 0.416 e. The number of carbonyl (C=O) groups is 1. The smallest absolute Gasteiger partial charge is 0.416 e. The van der Waals surface area contributed by atoms with Gasteiger partial charge in [0, 0.05) is 22.7 Å². The molecule has 0 aliphatic carbocycles. The highest BCUT2D eigenvalue weighted by Crippen LogP contribution is 2.33. The second kappa shape index (κ2) is 11.5. The maximum atomic E-state index is 12.8. The molecule has 0 aliphatic heterocycles. The number of aliphatic hydroxyl groups is 1. The van der Waals surface area contributed by atoms with Crippen LogP contribution in [0.2, 0.25) is 0 Å². The van der Waals surface area contributed by atoms with Gasteiger partial charge >= 0.3 is 6.18 Å². The fourth-order valence-corrected chi connectivity index (χ4v) is 4.96. The van der Waals surface area contributed by atoms with E-state index in [0.717, 1.165) is 12.1 Å². The third kappa shape index (κ3) is 6.80. The predicted molar refractivity (Wildman–Crippen MR) is 138 cm³/mol. The van der Waals surface area contributed by atoms with Crippen molar-refractivity contribution in [3.63, 3.8) is 0 Å². The van der Waals surface area contributed by atoms with E-state index in [0.29, 0.717) is 22.5 Å². The van der Waals surface area contributed by atoms with Crippen molar-refractivity contribution in [2.45, 2.75) is 24.0 Å². The Labute approximate surface area is 226 Å². The second-order valence-corrected chi connectivity index (χ2v) is 11.3. The zero-order valence-electron chi connectivity index (χ0n) is 20.3.